The molecule has 0 unspecified atom stereocenters. The van der Waals surface area contributed by atoms with Crippen molar-refractivity contribution >= 4 is 5.84 Å². The van der Waals surface area contributed by atoms with E-state index >= 15 is 0 Å². The van der Waals surface area contributed by atoms with E-state index in [2.05, 4.69) is 16.8 Å². The standard InChI is InChI=1S/C8H16N2O/c1-3-8-9-4-5-10(8)6-7-11-2/h3-7H2,1-2H3. The van der Waals surface area contributed by atoms with Crippen LogP contribution in [0.4, 0.5) is 0 Å². The lowest BCUT2D eigenvalue weighted by Crippen LogP contribution is -2.30. The molecule has 0 amide bonds. The largest absolute Gasteiger partial charge is 0.383 e. The molecule has 0 N–H and O–H groups in total. The third-order valence-electron chi connectivity index (χ3n) is 1.91. The van der Waals surface area contributed by atoms with Crippen molar-refractivity contribution in [2.24, 2.45) is 4.99 Å². The summed E-state index contributed by atoms with van der Waals surface area (Å²) in [6, 6.07) is 0. The van der Waals surface area contributed by atoms with Gasteiger partial charge in [-0.15, -0.1) is 0 Å². The molecule has 0 aromatic rings. The second-order valence-electron chi connectivity index (χ2n) is 2.63. The van der Waals surface area contributed by atoms with Crippen molar-refractivity contribution in [3.8, 4) is 0 Å². The molecule has 0 saturated carbocycles. The van der Waals surface area contributed by atoms with Crippen molar-refractivity contribution in [3.05, 3.63) is 0 Å². The van der Waals surface area contributed by atoms with E-state index in [1.54, 1.807) is 7.11 Å². The van der Waals surface area contributed by atoms with Gasteiger partial charge in [0, 0.05) is 26.6 Å². The average Bonchev–Trinajstić information content (AvgIpc) is 2.47. The third-order valence-corrected chi connectivity index (χ3v) is 1.91. The monoisotopic (exact) mass is 156 g/mol. The van der Waals surface area contributed by atoms with Crippen molar-refractivity contribution < 1.29 is 4.74 Å². The molecule has 64 valence electrons. The first-order valence-electron chi connectivity index (χ1n) is 4.15. The molecule has 3 nitrogen and oxygen atoms in total. The molecule has 1 aliphatic rings. The summed E-state index contributed by atoms with van der Waals surface area (Å²) in [5.74, 6) is 1.24. The van der Waals surface area contributed by atoms with Crippen LogP contribution in [-0.4, -0.2) is 44.1 Å². The summed E-state index contributed by atoms with van der Waals surface area (Å²) >= 11 is 0. The second kappa shape index (κ2) is 4.34. The zero-order chi connectivity index (χ0) is 8.10. The van der Waals surface area contributed by atoms with Gasteiger partial charge >= 0.3 is 0 Å². The van der Waals surface area contributed by atoms with Crippen LogP contribution < -0.4 is 0 Å². The van der Waals surface area contributed by atoms with Gasteiger partial charge in [-0.05, 0) is 0 Å². The highest BCUT2D eigenvalue weighted by molar-refractivity contribution is 5.83. The molecular weight excluding hydrogens is 140 g/mol. The maximum atomic E-state index is 5.00. The molecule has 0 saturated heterocycles. The summed E-state index contributed by atoms with van der Waals surface area (Å²) < 4.78 is 5.00. The van der Waals surface area contributed by atoms with E-state index in [1.165, 1.54) is 5.84 Å². The summed E-state index contributed by atoms with van der Waals surface area (Å²) in [5, 5.41) is 0. The molecule has 0 fully saturated rings. The Balaban J connectivity index is 2.28. The Morgan fingerprint density at radius 3 is 3.09 bits per heavy atom. The molecule has 0 aromatic heterocycles. The zero-order valence-corrected chi connectivity index (χ0v) is 7.34. The normalized spacial score (nSPS) is 17.3. The lowest BCUT2D eigenvalue weighted by atomic mass is 10.4. The Hall–Kier alpha value is -0.570. The molecule has 11 heavy (non-hydrogen) atoms. The van der Waals surface area contributed by atoms with Gasteiger partial charge in [0.15, 0.2) is 0 Å². The fourth-order valence-electron chi connectivity index (χ4n) is 1.31. The van der Waals surface area contributed by atoms with E-state index in [-0.39, 0.29) is 0 Å². The number of amidine groups is 1. The predicted molar refractivity (Wildman–Crippen MR) is 46.0 cm³/mol. The van der Waals surface area contributed by atoms with Crippen molar-refractivity contribution in [3.63, 3.8) is 0 Å². The van der Waals surface area contributed by atoms with Crippen molar-refractivity contribution in [2.75, 3.05) is 33.4 Å². The van der Waals surface area contributed by atoms with Crippen LogP contribution in [0.1, 0.15) is 13.3 Å². The van der Waals surface area contributed by atoms with Gasteiger partial charge in [0.05, 0.1) is 19.0 Å². The molecule has 0 radical (unpaired) electrons. The topological polar surface area (TPSA) is 24.8 Å². The van der Waals surface area contributed by atoms with E-state index in [0.717, 1.165) is 32.7 Å². The minimum absolute atomic E-state index is 0.805. The van der Waals surface area contributed by atoms with Crippen molar-refractivity contribution in [2.45, 2.75) is 13.3 Å². The molecule has 1 rings (SSSR count). The molecule has 0 spiro atoms. The van der Waals surface area contributed by atoms with E-state index in [9.17, 15) is 0 Å². The SMILES string of the molecule is CCC1=NCCN1CCOC. The number of rotatable bonds is 4. The highest BCUT2D eigenvalue weighted by atomic mass is 16.5. The van der Waals surface area contributed by atoms with E-state index in [1.807, 2.05) is 0 Å². The molecule has 0 bridgehead atoms. The number of aliphatic imine (C=N–C) groups is 1. The second-order valence-corrected chi connectivity index (χ2v) is 2.63. The Morgan fingerprint density at radius 2 is 2.45 bits per heavy atom. The molecule has 1 aliphatic heterocycles. The van der Waals surface area contributed by atoms with E-state index in [4.69, 9.17) is 4.74 Å². The van der Waals surface area contributed by atoms with Gasteiger partial charge in [-0.3, -0.25) is 4.99 Å². The van der Waals surface area contributed by atoms with Crippen molar-refractivity contribution in [1.82, 2.24) is 4.90 Å². The van der Waals surface area contributed by atoms with Crippen molar-refractivity contribution in [1.29, 1.82) is 0 Å². The van der Waals surface area contributed by atoms with Gasteiger partial charge in [0.1, 0.15) is 0 Å². The summed E-state index contributed by atoms with van der Waals surface area (Å²) in [5.41, 5.74) is 0. The first-order chi connectivity index (χ1) is 5.38. The number of methoxy groups -OCH3 is 1. The lowest BCUT2D eigenvalue weighted by Gasteiger charge is -2.18. The minimum Gasteiger partial charge on any atom is -0.383 e. The zero-order valence-electron chi connectivity index (χ0n) is 7.34. The summed E-state index contributed by atoms with van der Waals surface area (Å²) in [6.45, 7) is 5.98. The van der Waals surface area contributed by atoms with Crippen LogP contribution in [0.2, 0.25) is 0 Å². The first-order valence-corrected chi connectivity index (χ1v) is 4.15. The predicted octanol–water partition coefficient (Wildman–Crippen LogP) is 0.757. The Kier molecular flexibility index (Phi) is 3.36. The lowest BCUT2D eigenvalue weighted by molar-refractivity contribution is 0.179. The van der Waals surface area contributed by atoms with Gasteiger partial charge in [0.25, 0.3) is 0 Å². The Bertz CT molecular complexity index is 145. The van der Waals surface area contributed by atoms with Gasteiger partial charge in [-0.2, -0.15) is 0 Å². The minimum atomic E-state index is 0.805. The molecule has 3 heteroatoms. The summed E-state index contributed by atoms with van der Waals surface area (Å²) in [7, 11) is 1.73. The van der Waals surface area contributed by atoms with Crippen LogP contribution >= 0.6 is 0 Å². The van der Waals surface area contributed by atoms with Gasteiger partial charge in [-0.25, -0.2) is 0 Å². The van der Waals surface area contributed by atoms with Gasteiger partial charge in [0.2, 0.25) is 0 Å². The van der Waals surface area contributed by atoms with Crippen LogP contribution in [0.3, 0.4) is 0 Å². The van der Waals surface area contributed by atoms with E-state index < -0.39 is 0 Å². The van der Waals surface area contributed by atoms with Crippen LogP contribution in [0.25, 0.3) is 0 Å². The highest BCUT2D eigenvalue weighted by Crippen LogP contribution is 2.03. The first kappa shape index (κ1) is 8.53. The smallest absolute Gasteiger partial charge is 0.0988 e. The highest BCUT2D eigenvalue weighted by Gasteiger charge is 2.13. The molecule has 0 aliphatic carbocycles. The average molecular weight is 156 g/mol. The van der Waals surface area contributed by atoms with Gasteiger partial charge in [-0.1, -0.05) is 6.92 Å². The number of ether oxygens (including phenoxy) is 1. The molecular formula is C8H16N2O. The maximum Gasteiger partial charge on any atom is 0.0988 e. The molecule has 1 heterocycles. The Labute approximate surface area is 68.1 Å². The maximum absolute atomic E-state index is 5.00. The van der Waals surface area contributed by atoms with Crippen LogP contribution in [0.5, 0.6) is 0 Å². The molecule has 0 atom stereocenters. The number of hydrogen-bond donors (Lipinski definition) is 0. The molecule has 0 aromatic carbocycles. The quantitative estimate of drug-likeness (QED) is 0.600. The fraction of sp³-hybridized carbons (Fsp3) is 0.875. The number of hydrogen-bond acceptors (Lipinski definition) is 3. The summed E-state index contributed by atoms with van der Waals surface area (Å²) in [4.78, 5) is 6.67. The Morgan fingerprint density at radius 1 is 1.64 bits per heavy atom. The van der Waals surface area contributed by atoms with Crippen LogP contribution in [-0.2, 0) is 4.74 Å². The van der Waals surface area contributed by atoms with Crippen LogP contribution in [0, 0.1) is 0 Å². The number of nitrogens with zero attached hydrogens (tertiary/aromatic N) is 2. The van der Waals surface area contributed by atoms with E-state index in [0.29, 0.717) is 0 Å². The van der Waals surface area contributed by atoms with Crippen LogP contribution in [0.15, 0.2) is 4.99 Å². The van der Waals surface area contributed by atoms with Gasteiger partial charge < -0.3 is 9.64 Å². The fourth-order valence-corrected chi connectivity index (χ4v) is 1.31. The third kappa shape index (κ3) is 2.19. The summed E-state index contributed by atoms with van der Waals surface area (Å²) in [6.07, 6.45) is 1.05.